The molecule has 1 saturated heterocycles. The Morgan fingerprint density at radius 3 is 2.85 bits per heavy atom. The van der Waals surface area contributed by atoms with Gasteiger partial charge in [0.05, 0.1) is 42.1 Å². The number of aliphatic hydroxyl groups is 2. The Balaban J connectivity index is 1.63. The first-order valence-electron chi connectivity index (χ1n) is 10.8. The summed E-state index contributed by atoms with van der Waals surface area (Å²) in [5.41, 5.74) is 1.24. The topological polar surface area (TPSA) is 118 Å². The molecule has 0 saturated carbocycles. The molecule has 1 aliphatic heterocycles. The summed E-state index contributed by atoms with van der Waals surface area (Å²) in [6.07, 6.45) is 1.70. The molecule has 3 aromatic rings. The summed E-state index contributed by atoms with van der Waals surface area (Å²) in [6, 6.07) is 5.59. The van der Waals surface area contributed by atoms with Crippen LogP contribution in [-0.2, 0) is 18.3 Å². The normalized spacial score (nSPS) is 17.0. The summed E-state index contributed by atoms with van der Waals surface area (Å²) in [6.45, 7) is 5.35. The minimum atomic E-state index is -0.878. The summed E-state index contributed by atoms with van der Waals surface area (Å²) < 4.78 is 8.75. The van der Waals surface area contributed by atoms with Crippen molar-refractivity contribution in [3.8, 4) is 0 Å². The molecule has 0 aliphatic carbocycles. The highest BCUT2D eigenvalue weighted by Gasteiger charge is 2.23. The lowest BCUT2D eigenvalue weighted by Gasteiger charge is -2.32. The number of benzene rings is 1. The van der Waals surface area contributed by atoms with Crippen LogP contribution in [0.3, 0.4) is 0 Å². The molecule has 0 spiro atoms. The van der Waals surface area contributed by atoms with Gasteiger partial charge in [-0.25, -0.2) is 9.78 Å². The third kappa shape index (κ3) is 5.14. The van der Waals surface area contributed by atoms with E-state index in [4.69, 9.17) is 16.3 Å². The lowest BCUT2D eigenvalue weighted by molar-refractivity contribution is 0.00314. The van der Waals surface area contributed by atoms with E-state index in [0.29, 0.717) is 55.1 Å². The number of halogens is 1. The summed E-state index contributed by atoms with van der Waals surface area (Å²) in [4.78, 5) is 23.6. The van der Waals surface area contributed by atoms with E-state index in [9.17, 15) is 15.0 Å². The number of fused-ring (bicyclic) bond motifs is 1. The SMILES string of the molecule is Cn1c(=O)n(CCC(C)(C)O)c2cc(Nc3nc(N4CCOC(CO)C4)ncc3Cl)ccc21. The molecule has 1 unspecified atom stereocenters. The van der Waals surface area contributed by atoms with Gasteiger partial charge in [0.2, 0.25) is 5.95 Å². The molecule has 0 radical (unpaired) electrons. The zero-order valence-corrected chi connectivity index (χ0v) is 19.7. The van der Waals surface area contributed by atoms with Gasteiger partial charge in [0.1, 0.15) is 5.02 Å². The Kier molecular flexibility index (Phi) is 6.62. The van der Waals surface area contributed by atoms with Gasteiger partial charge in [0.15, 0.2) is 5.82 Å². The third-order valence-electron chi connectivity index (χ3n) is 5.71. The van der Waals surface area contributed by atoms with E-state index < -0.39 is 5.60 Å². The highest BCUT2D eigenvalue weighted by atomic mass is 35.5. The Hall–Kier alpha value is -2.66. The highest BCUT2D eigenvalue weighted by Crippen LogP contribution is 2.27. The second kappa shape index (κ2) is 9.30. The highest BCUT2D eigenvalue weighted by molar-refractivity contribution is 6.32. The van der Waals surface area contributed by atoms with Crippen LogP contribution in [0.4, 0.5) is 17.5 Å². The van der Waals surface area contributed by atoms with Gasteiger partial charge in [-0.2, -0.15) is 4.98 Å². The lowest BCUT2D eigenvalue weighted by atomic mass is 10.1. The zero-order valence-electron chi connectivity index (χ0n) is 19.0. The van der Waals surface area contributed by atoms with Gasteiger partial charge >= 0.3 is 5.69 Å². The van der Waals surface area contributed by atoms with Gasteiger partial charge in [0, 0.05) is 32.4 Å². The number of rotatable bonds is 7. The van der Waals surface area contributed by atoms with Gasteiger partial charge in [-0.05, 0) is 38.5 Å². The second-order valence-electron chi connectivity index (χ2n) is 8.87. The fraction of sp³-hybridized carbons (Fsp3) is 0.500. The van der Waals surface area contributed by atoms with Crippen LogP contribution >= 0.6 is 11.6 Å². The van der Waals surface area contributed by atoms with Crippen molar-refractivity contribution in [2.24, 2.45) is 7.05 Å². The molecule has 0 amide bonds. The smallest absolute Gasteiger partial charge is 0.328 e. The molecule has 11 heteroatoms. The monoisotopic (exact) mass is 476 g/mol. The number of hydrogen-bond acceptors (Lipinski definition) is 8. The fourth-order valence-electron chi connectivity index (χ4n) is 3.84. The number of morpholine rings is 1. The van der Waals surface area contributed by atoms with Crippen LogP contribution < -0.4 is 15.9 Å². The molecule has 3 heterocycles. The molecular weight excluding hydrogens is 448 g/mol. The summed E-state index contributed by atoms with van der Waals surface area (Å²) in [5, 5.41) is 23.1. The first-order valence-corrected chi connectivity index (χ1v) is 11.2. The largest absolute Gasteiger partial charge is 0.394 e. The van der Waals surface area contributed by atoms with Crippen molar-refractivity contribution in [3.63, 3.8) is 0 Å². The Bertz CT molecular complexity index is 1200. The van der Waals surface area contributed by atoms with Gasteiger partial charge in [-0.15, -0.1) is 0 Å². The van der Waals surface area contributed by atoms with Crippen molar-refractivity contribution < 1.29 is 14.9 Å². The first kappa shape index (κ1) is 23.5. The molecular formula is C22H29ClN6O4. The van der Waals surface area contributed by atoms with Gasteiger partial charge in [-0.3, -0.25) is 9.13 Å². The predicted molar refractivity (Wildman–Crippen MR) is 127 cm³/mol. The van der Waals surface area contributed by atoms with Crippen LogP contribution in [0.5, 0.6) is 0 Å². The average Bonchev–Trinajstić information content (AvgIpc) is 3.02. The van der Waals surface area contributed by atoms with Crippen molar-refractivity contribution >= 4 is 40.1 Å². The number of anilines is 3. The Morgan fingerprint density at radius 1 is 1.33 bits per heavy atom. The number of imidazole rings is 1. The standard InChI is InChI=1S/C22H29ClN6O4/c1-22(2,32)6-7-29-18-10-14(4-5-17(18)27(3)21(29)31)25-19-16(23)11-24-20(26-19)28-8-9-33-15(12-28)13-30/h4-5,10-11,15,30,32H,6-9,12-13H2,1-3H3,(H,24,25,26). The number of ether oxygens (including phenoxy) is 1. The van der Waals surface area contributed by atoms with Crippen molar-refractivity contribution in [2.75, 3.05) is 36.5 Å². The minimum absolute atomic E-state index is 0.0680. The number of nitrogens with zero attached hydrogens (tertiary/aromatic N) is 5. The van der Waals surface area contributed by atoms with E-state index in [-0.39, 0.29) is 18.4 Å². The Morgan fingerprint density at radius 2 is 2.12 bits per heavy atom. The fourth-order valence-corrected chi connectivity index (χ4v) is 3.97. The molecule has 1 fully saturated rings. The van der Waals surface area contributed by atoms with Gasteiger partial charge in [-0.1, -0.05) is 11.6 Å². The van der Waals surface area contributed by atoms with E-state index in [2.05, 4.69) is 15.3 Å². The average molecular weight is 477 g/mol. The molecule has 2 aromatic heterocycles. The van der Waals surface area contributed by atoms with Gasteiger partial charge in [0.25, 0.3) is 0 Å². The van der Waals surface area contributed by atoms with Crippen LogP contribution in [-0.4, -0.2) is 67.3 Å². The van der Waals surface area contributed by atoms with E-state index in [1.54, 1.807) is 30.0 Å². The first-order chi connectivity index (χ1) is 15.7. The van der Waals surface area contributed by atoms with Crippen LogP contribution in [0.2, 0.25) is 5.02 Å². The summed E-state index contributed by atoms with van der Waals surface area (Å²) >= 11 is 6.36. The lowest BCUT2D eigenvalue weighted by Crippen LogP contribution is -2.44. The van der Waals surface area contributed by atoms with E-state index in [0.717, 1.165) is 11.0 Å². The summed E-state index contributed by atoms with van der Waals surface area (Å²) in [5.74, 6) is 0.931. The number of hydrogen-bond donors (Lipinski definition) is 3. The molecule has 3 N–H and O–H groups in total. The van der Waals surface area contributed by atoms with Crippen LogP contribution in [0.1, 0.15) is 20.3 Å². The number of aryl methyl sites for hydroxylation is 2. The molecule has 10 nitrogen and oxygen atoms in total. The molecule has 4 rings (SSSR count). The molecule has 0 bridgehead atoms. The zero-order chi connectivity index (χ0) is 23.8. The molecule has 33 heavy (non-hydrogen) atoms. The summed E-state index contributed by atoms with van der Waals surface area (Å²) in [7, 11) is 1.73. The van der Waals surface area contributed by atoms with Crippen LogP contribution in [0.25, 0.3) is 11.0 Å². The maximum atomic E-state index is 12.7. The Labute approximate surface area is 196 Å². The maximum absolute atomic E-state index is 12.7. The van der Waals surface area contributed by atoms with Crippen molar-refractivity contribution in [1.82, 2.24) is 19.1 Å². The van der Waals surface area contributed by atoms with Crippen molar-refractivity contribution in [2.45, 2.75) is 38.5 Å². The van der Waals surface area contributed by atoms with Crippen molar-refractivity contribution in [3.05, 3.63) is 39.9 Å². The number of aromatic nitrogens is 4. The second-order valence-corrected chi connectivity index (χ2v) is 9.28. The van der Waals surface area contributed by atoms with Gasteiger partial charge < -0.3 is 25.2 Å². The minimum Gasteiger partial charge on any atom is -0.394 e. The van der Waals surface area contributed by atoms with E-state index >= 15 is 0 Å². The quantitative estimate of drug-likeness (QED) is 0.473. The molecule has 1 aromatic carbocycles. The molecule has 1 aliphatic rings. The van der Waals surface area contributed by atoms with Crippen LogP contribution in [0.15, 0.2) is 29.2 Å². The van der Waals surface area contributed by atoms with Crippen molar-refractivity contribution in [1.29, 1.82) is 0 Å². The third-order valence-corrected chi connectivity index (χ3v) is 5.99. The van der Waals surface area contributed by atoms with E-state index in [1.807, 2.05) is 23.1 Å². The number of nitrogens with one attached hydrogen (secondary N) is 1. The van der Waals surface area contributed by atoms with Crippen LogP contribution in [0, 0.1) is 0 Å². The van der Waals surface area contributed by atoms with E-state index in [1.165, 1.54) is 6.20 Å². The number of aliphatic hydroxyl groups excluding tert-OH is 1. The molecule has 1 atom stereocenters. The molecule has 178 valence electrons. The predicted octanol–water partition coefficient (Wildman–Crippen LogP) is 1.89. The maximum Gasteiger partial charge on any atom is 0.328 e.